The van der Waals surface area contributed by atoms with Gasteiger partial charge in [-0.2, -0.15) is 0 Å². The van der Waals surface area contributed by atoms with Crippen LogP contribution >= 0.6 is 12.4 Å². The molecule has 0 aromatic heterocycles. The topological polar surface area (TPSA) is 35.6 Å². The van der Waals surface area contributed by atoms with Crippen molar-refractivity contribution >= 4 is 18.3 Å². The molecule has 0 saturated carbocycles. The van der Waals surface area contributed by atoms with Gasteiger partial charge in [0, 0.05) is 45.8 Å². The van der Waals surface area contributed by atoms with E-state index in [0.29, 0.717) is 5.91 Å². The lowest BCUT2D eigenvalue weighted by atomic mass is 10.0. The van der Waals surface area contributed by atoms with Gasteiger partial charge in [-0.1, -0.05) is 30.3 Å². The quantitative estimate of drug-likeness (QED) is 0.903. The van der Waals surface area contributed by atoms with E-state index in [2.05, 4.69) is 34.5 Å². The van der Waals surface area contributed by atoms with E-state index in [-0.39, 0.29) is 18.3 Å². The zero-order valence-electron chi connectivity index (χ0n) is 11.6. The maximum atomic E-state index is 12.1. The number of nitrogens with one attached hydrogen (secondary N) is 1. The van der Waals surface area contributed by atoms with Gasteiger partial charge in [-0.25, -0.2) is 0 Å². The summed E-state index contributed by atoms with van der Waals surface area (Å²) in [5.74, 6) is 0.582. The van der Waals surface area contributed by atoms with E-state index in [1.165, 1.54) is 5.56 Å². The fraction of sp³-hybridized carbons (Fsp3) is 0.533. The number of halogens is 1. The second kappa shape index (κ2) is 7.07. The van der Waals surface area contributed by atoms with Gasteiger partial charge >= 0.3 is 0 Å². The highest BCUT2D eigenvalue weighted by Crippen LogP contribution is 2.13. The van der Waals surface area contributed by atoms with E-state index in [1.807, 2.05) is 11.0 Å². The smallest absolute Gasteiger partial charge is 0.228 e. The van der Waals surface area contributed by atoms with Crippen molar-refractivity contribution in [1.82, 2.24) is 15.1 Å². The molecule has 1 N–H and O–H groups in total. The maximum Gasteiger partial charge on any atom is 0.228 e. The van der Waals surface area contributed by atoms with E-state index in [9.17, 15) is 4.79 Å². The molecule has 110 valence electrons. The lowest BCUT2D eigenvalue weighted by molar-refractivity contribution is -0.138. The summed E-state index contributed by atoms with van der Waals surface area (Å²) in [5, 5.41) is 3.16. The van der Waals surface area contributed by atoms with Crippen LogP contribution in [0.25, 0.3) is 0 Å². The largest absolute Gasteiger partial charge is 0.340 e. The number of benzene rings is 1. The number of rotatable bonds is 3. The van der Waals surface area contributed by atoms with E-state index < -0.39 is 0 Å². The fourth-order valence-corrected chi connectivity index (χ4v) is 2.69. The van der Waals surface area contributed by atoms with Crippen LogP contribution in [0.15, 0.2) is 30.3 Å². The number of carbonyl (C=O) groups is 1. The number of carbonyl (C=O) groups excluding carboxylic acids is 1. The third-order valence-electron chi connectivity index (χ3n) is 4.06. The van der Waals surface area contributed by atoms with Crippen molar-refractivity contribution in [3.63, 3.8) is 0 Å². The molecule has 0 bridgehead atoms. The maximum absolute atomic E-state index is 12.1. The van der Waals surface area contributed by atoms with Crippen molar-refractivity contribution in [1.29, 1.82) is 0 Å². The Hall–Kier alpha value is -1.10. The normalized spacial score (nSPS) is 20.1. The average molecular weight is 296 g/mol. The van der Waals surface area contributed by atoms with E-state index in [1.54, 1.807) is 0 Å². The van der Waals surface area contributed by atoms with Crippen LogP contribution in [0.3, 0.4) is 0 Å². The van der Waals surface area contributed by atoms with Gasteiger partial charge in [0.15, 0.2) is 0 Å². The predicted octanol–water partition coefficient (Wildman–Crippen LogP) is 0.972. The molecule has 0 radical (unpaired) electrons. The van der Waals surface area contributed by atoms with E-state index in [4.69, 9.17) is 0 Å². The molecule has 20 heavy (non-hydrogen) atoms. The van der Waals surface area contributed by atoms with Crippen molar-refractivity contribution in [3.05, 3.63) is 35.9 Å². The summed E-state index contributed by atoms with van der Waals surface area (Å²) >= 11 is 0. The Labute approximate surface area is 126 Å². The molecule has 2 heterocycles. The first-order valence-corrected chi connectivity index (χ1v) is 7.09. The number of amides is 1. The third-order valence-corrected chi connectivity index (χ3v) is 4.06. The van der Waals surface area contributed by atoms with Crippen molar-refractivity contribution in [2.24, 2.45) is 5.92 Å². The molecule has 1 aromatic carbocycles. The zero-order chi connectivity index (χ0) is 13.1. The molecule has 4 nitrogen and oxygen atoms in total. The molecule has 0 atom stereocenters. The Kier molecular flexibility index (Phi) is 5.40. The van der Waals surface area contributed by atoms with Crippen molar-refractivity contribution in [2.75, 3.05) is 39.3 Å². The molecule has 2 aliphatic heterocycles. The van der Waals surface area contributed by atoms with Gasteiger partial charge in [-0.05, 0) is 5.56 Å². The van der Waals surface area contributed by atoms with Crippen molar-refractivity contribution < 1.29 is 4.79 Å². The highest BCUT2D eigenvalue weighted by Gasteiger charge is 2.30. The molecular weight excluding hydrogens is 274 g/mol. The minimum absolute atomic E-state index is 0. The SMILES string of the molecule is Cl.O=C(C1CNC1)N1CCN(Cc2ccccc2)CC1. The van der Waals surface area contributed by atoms with Crippen LogP contribution in [-0.2, 0) is 11.3 Å². The number of nitrogens with zero attached hydrogens (tertiary/aromatic N) is 2. The standard InChI is InChI=1S/C15H21N3O.ClH/c19-15(14-10-16-11-14)18-8-6-17(7-9-18)12-13-4-2-1-3-5-13;/h1-5,14,16H,6-12H2;1H. The van der Waals surface area contributed by atoms with Crippen LogP contribution in [0.5, 0.6) is 0 Å². The lowest BCUT2D eigenvalue weighted by Gasteiger charge is -2.38. The van der Waals surface area contributed by atoms with Crippen LogP contribution in [0.4, 0.5) is 0 Å². The number of hydrogen-bond acceptors (Lipinski definition) is 3. The van der Waals surface area contributed by atoms with Gasteiger partial charge < -0.3 is 10.2 Å². The molecule has 0 spiro atoms. The summed E-state index contributed by atoms with van der Waals surface area (Å²) < 4.78 is 0. The van der Waals surface area contributed by atoms with Crippen LogP contribution in [0, 0.1) is 5.92 Å². The molecular formula is C15H22ClN3O. The summed E-state index contributed by atoms with van der Waals surface area (Å²) in [4.78, 5) is 16.6. The summed E-state index contributed by atoms with van der Waals surface area (Å²) in [6.07, 6.45) is 0. The van der Waals surface area contributed by atoms with Gasteiger partial charge in [-0.15, -0.1) is 12.4 Å². The van der Waals surface area contributed by atoms with Gasteiger partial charge in [0.1, 0.15) is 0 Å². The Balaban J connectivity index is 0.00000147. The second-order valence-electron chi connectivity index (χ2n) is 5.44. The molecule has 1 amide bonds. The highest BCUT2D eigenvalue weighted by atomic mass is 35.5. The first kappa shape index (κ1) is 15.3. The predicted molar refractivity (Wildman–Crippen MR) is 81.9 cm³/mol. The van der Waals surface area contributed by atoms with Gasteiger partial charge in [0.25, 0.3) is 0 Å². The zero-order valence-corrected chi connectivity index (χ0v) is 12.4. The Morgan fingerprint density at radius 1 is 1.10 bits per heavy atom. The molecule has 2 saturated heterocycles. The van der Waals surface area contributed by atoms with Gasteiger partial charge in [0.2, 0.25) is 5.91 Å². The van der Waals surface area contributed by atoms with Gasteiger partial charge in [0.05, 0.1) is 5.92 Å². The highest BCUT2D eigenvalue weighted by molar-refractivity contribution is 5.85. The van der Waals surface area contributed by atoms with Crippen molar-refractivity contribution in [2.45, 2.75) is 6.54 Å². The molecule has 0 unspecified atom stereocenters. The second-order valence-corrected chi connectivity index (χ2v) is 5.44. The molecule has 0 aliphatic carbocycles. The van der Waals surface area contributed by atoms with Crippen LogP contribution in [0.2, 0.25) is 0 Å². The first-order chi connectivity index (χ1) is 9.33. The molecule has 1 aromatic rings. The Morgan fingerprint density at radius 3 is 2.30 bits per heavy atom. The number of hydrogen-bond donors (Lipinski definition) is 1. The van der Waals surface area contributed by atoms with Gasteiger partial charge in [-0.3, -0.25) is 9.69 Å². The molecule has 2 fully saturated rings. The summed E-state index contributed by atoms with van der Waals surface area (Å²) in [6.45, 7) is 6.45. The Bertz CT molecular complexity index is 428. The van der Waals surface area contributed by atoms with Crippen molar-refractivity contribution in [3.8, 4) is 0 Å². The van der Waals surface area contributed by atoms with Crippen LogP contribution in [0.1, 0.15) is 5.56 Å². The average Bonchev–Trinajstić information content (AvgIpc) is 2.39. The fourth-order valence-electron chi connectivity index (χ4n) is 2.69. The summed E-state index contributed by atoms with van der Waals surface area (Å²) in [7, 11) is 0. The summed E-state index contributed by atoms with van der Waals surface area (Å²) in [6, 6.07) is 10.5. The lowest BCUT2D eigenvalue weighted by Crippen LogP contribution is -2.56. The molecule has 2 aliphatic rings. The van der Waals surface area contributed by atoms with Crippen LogP contribution < -0.4 is 5.32 Å². The Morgan fingerprint density at radius 2 is 1.75 bits per heavy atom. The van der Waals surface area contributed by atoms with E-state index >= 15 is 0 Å². The minimum Gasteiger partial charge on any atom is -0.340 e. The van der Waals surface area contributed by atoms with Crippen LogP contribution in [-0.4, -0.2) is 55.0 Å². The molecule has 5 heteroatoms. The number of piperazine rings is 1. The van der Waals surface area contributed by atoms with E-state index in [0.717, 1.165) is 45.8 Å². The first-order valence-electron chi connectivity index (χ1n) is 7.09. The monoisotopic (exact) mass is 295 g/mol. The molecule has 3 rings (SSSR count). The minimum atomic E-state index is 0. The third kappa shape index (κ3) is 3.51. The summed E-state index contributed by atoms with van der Waals surface area (Å²) in [5.41, 5.74) is 1.35.